The summed E-state index contributed by atoms with van der Waals surface area (Å²) in [6.45, 7) is 2.65. The lowest BCUT2D eigenvalue weighted by molar-refractivity contribution is -0.147. The average Bonchev–Trinajstić information content (AvgIpc) is 2.59. The van der Waals surface area contributed by atoms with Crippen LogP contribution in [0.15, 0.2) is 0 Å². The zero-order valence-corrected chi connectivity index (χ0v) is 8.93. The number of rotatable bonds is 2. The van der Waals surface area contributed by atoms with E-state index < -0.39 is 12.0 Å². The molecular formula is C9H16N2O4. The van der Waals surface area contributed by atoms with Crippen molar-refractivity contribution in [1.29, 1.82) is 0 Å². The van der Waals surface area contributed by atoms with E-state index in [1.807, 2.05) is 0 Å². The van der Waals surface area contributed by atoms with Crippen LogP contribution in [0, 0.1) is 5.92 Å². The van der Waals surface area contributed by atoms with E-state index in [2.05, 4.69) is 4.74 Å². The van der Waals surface area contributed by atoms with Gasteiger partial charge in [-0.15, -0.1) is 0 Å². The maximum atomic E-state index is 11.4. The lowest BCUT2D eigenvalue weighted by Crippen LogP contribution is -2.35. The van der Waals surface area contributed by atoms with Crippen molar-refractivity contribution in [3.05, 3.63) is 0 Å². The van der Waals surface area contributed by atoms with Crippen molar-refractivity contribution >= 4 is 12.1 Å². The van der Waals surface area contributed by atoms with Crippen molar-refractivity contribution in [3.8, 4) is 0 Å². The predicted molar refractivity (Wildman–Crippen MR) is 52.1 cm³/mol. The molecule has 6 heteroatoms. The van der Waals surface area contributed by atoms with E-state index in [0.29, 0.717) is 13.2 Å². The SMILES string of the molecule is CCOC(=O)C1CN(C(=O)OC)CC1N. The van der Waals surface area contributed by atoms with Gasteiger partial charge in [-0.1, -0.05) is 0 Å². The van der Waals surface area contributed by atoms with Crippen LogP contribution in [-0.2, 0) is 14.3 Å². The Morgan fingerprint density at radius 2 is 2.13 bits per heavy atom. The van der Waals surface area contributed by atoms with Crippen LogP contribution in [0.5, 0.6) is 0 Å². The maximum absolute atomic E-state index is 11.4. The molecular weight excluding hydrogens is 200 g/mol. The summed E-state index contributed by atoms with van der Waals surface area (Å²) in [5.74, 6) is -0.791. The Kier molecular flexibility index (Phi) is 3.90. The molecule has 0 aromatic heterocycles. The molecule has 2 unspecified atom stereocenters. The topological polar surface area (TPSA) is 81.9 Å². The van der Waals surface area contributed by atoms with Gasteiger partial charge in [-0.2, -0.15) is 0 Å². The number of methoxy groups -OCH3 is 1. The van der Waals surface area contributed by atoms with Crippen LogP contribution in [0.1, 0.15) is 6.92 Å². The van der Waals surface area contributed by atoms with Gasteiger partial charge in [0, 0.05) is 19.1 Å². The number of likely N-dealkylation sites (tertiary alicyclic amines) is 1. The summed E-state index contributed by atoms with van der Waals surface area (Å²) in [6.07, 6.45) is -0.461. The van der Waals surface area contributed by atoms with Gasteiger partial charge in [0.1, 0.15) is 0 Å². The first-order valence-corrected chi connectivity index (χ1v) is 4.85. The van der Waals surface area contributed by atoms with Crippen LogP contribution in [0.4, 0.5) is 4.79 Å². The Balaban J connectivity index is 2.56. The predicted octanol–water partition coefficient (Wildman–Crippen LogP) is -0.425. The van der Waals surface area contributed by atoms with E-state index >= 15 is 0 Å². The number of hydrogen-bond acceptors (Lipinski definition) is 5. The zero-order valence-electron chi connectivity index (χ0n) is 8.93. The van der Waals surface area contributed by atoms with Crippen LogP contribution in [-0.4, -0.2) is 49.8 Å². The van der Waals surface area contributed by atoms with Crippen molar-refractivity contribution in [3.63, 3.8) is 0 Å². The Morgan fingerprint density at radius 1 is 1.47 bits per heavy atom. The molecule has 0 bridgehead atoms. The second-order valence-corrected chi connectivity index (χ2v) is 3.40. The first kappa shape index (κ1) is 11.8. The van der Waals surface area contributed by atoms with E-state index in [-0.39, 0.29) is 18.6 Å². The normalized spacial score (nSPS) is 25.1. The molecule has 86 valence electrons. The van der Waals surface area contributed by atoms with Gasteiger partial charge in [0.2, 0.25) is 0 Å². The summed E-state index contributed by atoms with van der Waals surface area (Å²) in [6, 6.07) is -0.372. The lowest BCUT2D eigenvalue weighted by Gasteiger charge is -2.13. The fourth-order valence-electron chi connectivity index (χ4n) is 1.61. The first-order chi connectivity index (χ1) is 7.10. The van der Waals surface area contributed by atoms with Crippen molar-refractivity contribution in [2.24, 2.45) is 11.7 Å². The summed E-state index contributed by atoms with van der Waals surface area (Å²) in [4.78, 5) is 24.0. The highest BCUT2D eigenvalue weighted by atomic mass is 16.5. The van der Waals surface area contributed by atoms with Crippen LogP contribution < -0.4 is 5.73 Å². The van der Waals surface area contributed by atoms with Crippen LogP contribution in [0.2, 0.25) is 0 Å². The molecule has 0 aliphatic carbocycles. The fourth-order valence-corrected chi connectivity index (χ4v) is 1.61. The molecule has 2 N–H and O–H groups in total. The number of carbonyl (C=O) groups is 2. The van der Waals surface area contributed by atoms with E-state index in [1.54, 1.807) is 6.92 Å². The summed E-state index contributed by atoms with van der Waals surface area (Å²) < 4.78 is 9.41. The molecule has 15 heavy (non-hydrogen) atoms. The Labute approximate surface area is 88.3 Å². The molecule has 1 heterocycles. The number of hydrogen-bond donors (Lipinski definition) is 1. The third kappa shape index (κ3) is 2.59. The smallest absolute Gasteiger partial charge is 0.409 e. The number of ether oxygens (including phenoxy) is 2. The molecule has 1 saturated heterocycles. The van der Waals surface area contributed by atoms with Gasteiger partial charge in [0.15, 0.2) is 0 Å². The number of esters is 1. The summed E-state index contributed by atoms with van der Waals surface area (Å²) >= 11 is 0. The molecule has 2 atom stereocenters. The quantitative estimate of drug-likeness (QED) is 0.634. The minimum atomic E-state index is -0.461. The standard InChI is InChI=1S/C9H16N2O4/c1-3-15-8(12)6-4-11(5-7(6)10)9(13)14-2/h6-7H,3-5,10H2,1-2H3. The minimum Gasteiger partial charge on any atom is -0.466 e. The van der Waals surface area contributed by atoms with E-state index in [4.69, 9.17) is 10.5 Å². The molecule has 1 aliphatic heterocycles. The summed E-state index contributed by atoms with van der Waals surface area (Å²) in [7, 11) is 1.30. The van der Waals surface area contributed by atoms with Gasteiger partial charge >= 0.3 is 12.1 Å². The van der Waals surface area contributed by atoms with E-state index in [1.165, 1.54) is 12.0 Å². The monoisotopic (exact) mass is 216 g/mol. The van der Waals surface area contributed by atoms with Crippen LogP contribution >= 0.6 is 0 Å². The minimum absolute atomic E-state index is 0.271. The molecule has 1 rings (SSSR count). The van der Waals surface area contributed by atoms with Gasteiger partial charge in [-0.3, -0.25) is 4.79 Å². The van der Waals surface area contributed by atoms with E-state index in [9.17, 15) is 9.59 Å². The number of nitrogens with zero attached hydrogens (tertiary/aromatic N) is 1. The van der Waals surface area contributed by atoms with Gasteiger partial charge < -0.3 is 20.1 Å². The fraction of sp³-hybridized carbons (Fsp3) is 0.778. The number of amides is 1. The highest BCUT2D eigenvalue weighted by Crippen LogP contribution is 2.17. The van der Waals surface area contributed by atoms with Crippen molar-refractivity contribution < 1.29 is 19.1 Å². The molecule has 0 saturated carbocycles. The first-order valence-electron chi connectivity index (χ1n) is 4.85. The Morgan fingerprint density at radius 3 is 2.67 bits per heavy atom. The largest absolute Gasteiger partial charge is 0.466 e. The van der Waals surface area contributed by atoms with Crippen molar-refractivity contribution in [2.45, 2.75) is 13.0 Å². The molecule has 1 fully saturated rings. The molecule has 1 aliphatic rings. The second kappa shape index (κ2) is 4.97. The van der Waals surface area contributed by atoms with E-state index in [0.717, 1.165) is 0 Å². The highest BCUT2D eigenvalue weighted by Gasteiger charge is 2.38. The zero-order chi connectivity index (χ0) is 11.4. The van der Waals surface area contributed by atoms with Gasteiger partial charge in [-0.25, -0.2) is 4.79 Å². The summed E-state index contributed by atoms with van der Waals surface area (Å²) in [5.41, 5.74) is 5.74. The van der Waals surface area contributed by atoms with Crippen LogP contribution in [0.25, 0.3) is 0 Å². The van der Waals surface area contributed by atoms with Crippen LogP contribution in [0.3, 0.4) is 0 Å². The number of carbonyl (C=O) groups excluding carboxylic acids is 2. The van der Waals surface area contributed by atoms with Gasteiger partial charge in [0.25, 0.3) is 0 Å². The number of nitrogens with two attached hydrogens (primary N) is 1. The third-order valence-electron chi connectivity index (χ3n) is 2.39. The van der Waals surface area contributed by atoms with Gasteiger partial charge in [-0.05, 0) is 6.92 Å². The van der Waals surface area contributed by atoms with Gasteiger partial charge in [0.05, 0.1) is 19.6 Å². The molecule has 1 amide bonds. The second-order valence-electron chi connectivity index (χ2n) is 3.40. The molecule has 6 nitrogen and oxygen atoms in total. The highest BCUT2D eigenvalue weighted by molar-refractivity contribution is 5.76. The molecule has 0 spiro atoms. The maximum Gasteiger partial charge on any atom is 0.409 e. The Hall–Kier alpha value is -1.30. The summed E-state index contributed by atoms with van der Waals surface area (Å²) in [5, 5.41) is 0. The van der Waals surface area contributed by atoms with Crippen molar-refractivity contribution in [1.82, 2.24) is 4.90 Å². The Bertz CT molecular complexity index is 256. The molecule has 0 radical (unpaired) electrons. The average molecular weight is 216 g/mol. The molecule has 0 aromatic rings. The lowest BCUT2D eigenvalue weighted by atomic mass is 10.1. The van der Waals surface area contributed by atoms with Crippen molar-refractivity contribution in [2.75, 3.05) is 26.8 Å². The molecule has 0 aromatic carbocycles. The third-order valence-corrected chi connectivity index (χ3v) is 2.39.